The van der Waals surface area contributed by atoms with Gasteiger partial charge in [-0.3, -0.25) is 4.99 Å². The van der Waals surface area contributed by atoms with E-state index >= 15 is 0 Å². The molecule has 2 nitrogen and oxygen atoms in total. The van der Waals surface area contributed by atoms with Gasteiger partial charge in [0.2, 0.25) is 0 Å². The van der Waals surface area contributed by atoms with Gasteiger partial charge in [-0.15, -0.1) is 0 Å². The lowest BCUT2D eigenvalue weighted by atomic mass is 10.0. The van der Waals surface area contributed by atoms with Gasteiger partial charge < -0.3 is 5.32 Å². The number of anilines is 1. The molecule has 0 spiro atoms. The van der Waals surface area contributed by atoms with Gasteiger partial charge in [-0.25, -0.2) is 0 Å². The second kappa shape index (κ2) is 6.14. The van der Waals surface area contributed by atoms with Crippen molar-refractivity contribution in [1.82, 2.24) is 0 Å². The Labute approximate surface area is 124 Å². The van der Waals surface area contributed by atoms with Crippen LogP contribution < -0.4 is 5.32 Å². The minimum Gasteiger partial charge on any atom is -0.334 e. The summed E-state index contributed by atoms with van der Waals surface area (Å²) in [7, 11) is 0. The number of hydrogen-bond acceptors (Lipinski definition) is 3. The molecular weight excluding hydrogens is 264 g/mol. The highest BCUT2D eigenvalue weighted by Crippen LogP contribution is 2.30. The van der Waals surface area contributed by atoms with E-state index in [1.165, 1.54) is 17.5 Å². The van der Waals surface area contributed by atoms with Crippen LogP contribution in [0.3, 0.4) is 0 Å². The molecule has 0 bridgehead atoms. The zero-order valence-electron chi connectivity index (χ0n) is 11.5. The van der Waals surface area contributed by atoms with E-state index in [0.29, 0.717) is 5.25 Å². The van der Waals surface area contributed by atoms with Gasteiger partial charge in [0.15, 0.2) is 5.17 Å². The van der Waals surface area contributed by atoms with Crippen molar-refractivity contribution in [3.8, 4) is 11.1 Å². The monoisotopic (exact) mass is 282 g/mol. The maximum absolute atomic E-state index is 4.59. The van der Waals surface area contributed by atoms with Crippen molar-refractivity contribution in [2.45, 2.75) is 18.6 Å². The van der Waals surface area contributed by atoms with Crippen molar-refractivity contribution in [1.29, 1.82) is 0 Å². The fraction of sp³-hybridized carbons (Fsp3) is 0.235. The van der Waals surface area contributed by atoms with E-state index in [0.717, 1.165) is 17.4 Å². The highest BCUT2D eigenvalue weighted by molar-refractivity contribution is 8.15. The summed E-state index contributed by atoms with van der Waals surface area (Å²) in [6.07, 6.45) is 1.17. The fourth-order valence-corrected chi connectivity index (χ4v) is 3.22. The van der Waals surface area contributed by atoms with Crippen LogP contribution in [0.4, 0.5) is 5.69 Å². The zero-order valence-corrected chi connectivity index (χ0v) is 12.4. The predicted octanol–water partition coefficient (Wildman–Crippen LogP) is 4.65. The lowest BCUT2D eigenvalue weighted by Crippen LogP contribution is -2.07. The third-order valence-corrected chi connectivity index (χ3v) is 4.70. The minimum atomic E-state index is 0.626. The molecule has 2 aromatic rings. The zero-order chi connectivity index (χ0) is 13.8. The Kier molecular flexibility index (Phi) is 4.07. The average molecular weight is 282 g/mol. The first-order chi connectivity index (χ1) is 9.86. The topological polar surface area (TPSA) is 24.4 Å². The fourth-order valence-electron chi connectivity index (χ4n) is 2.28. The summed E-state index contributed by atoms with van der Waals surface area (Å²) in [5, 5.41) is 5.15. The van der Waals surface area contributed by atoms with Crippen LogP contribution in [0, 0.1) is 0 Å². The summed E-state index contributed by atoms with van der Waals surface area (Å²) < 4.78 is 0. The molecule has 1 unspecified atom stereocenters. The number of para-hydroxylation sites is 1. The van der Waals surface area contributed by atoms with E-state index in [2.05, 4.69) is 65.8 Å². The molecule has 1 aliphatic heterocycles. The lowest BCUT2D eigenvalue weighted by Gasteiger charge is -2.12. The van der Waals surface area contributed by atoms with Crippen LogP contribution in [-0.4, -0.2) is 17.0 Å². The molecule has 1 aliphatic rings. The Morgan fingerprint density at radius 2 is 1.85 bits per heavy atom. The standard InChI is InChI=1S/C17H18N2S/c1-2-14-12-18-17(20-14)19-16-11-7-6-10-15(16)13-8-4-3-5-9-13/h3-11,14H,2,12H2,1H3,(H,18,19). The van der Waals surface area contributed by atoms with Gasteiger partial charge in [-0.2, -0.15) is 0 Å². The average Bonchev–Trinajstić information content (AvgIpc) is 2.96. The summed E-state index contributed by atoms with van der Waals surface area (Å²) in [5.74, 6) is 0. The van der Waals surface area contributed by atoms with Gasteiger partial charge in [-0.1, -0.05) is 67.2 Å². The van der Waals surface area contributed by atoms with E-state index < -0.39 is 0 Å². The lowest BCUT2D eigenvalue weighted by molar-refractivity contribution is 0.844. The van der Waals surface area contributed by atoms with Crippen LogP contribution in [-0.2, 0) is 0 Å². The Morgan fingerprint density at radius 3 is 2.60 bits per heavy atom. The molecule has 0 fully saturated rings. The van der Waals surface area contributed by atoms with Crippen molar-refractivity contribution in [3.05, 3.63) is 54.6 Å². The number of benzene rings is 2. The molecular formula is C17H18N2S. The molecule has 3 heteroatoms. The van der Waals surface area contributed by atoms with Crippen LogP contribution in [0.5, 0.6) is 0 Å². The van der Waals surface area contributed by atoms with Crippen molar-refractivity contribution >= 4 is 22.6 Å². The highest BCUT2D eigenvalue weighted by Gasteiger charge is 2.18. The highest BCUT2D eigenvalue weighted by atomic mass is 32.2. The van der Waals surface area contributed by atoms with E-state index in [1.54, 1.807) is 0 Å². The quantitative estimate of drug-likeness (QED) is 0.886. The van der Waals surface area contributed by atoms with Crippen LogP contribution in [0.1, 0.15) is 13.3 Å². The first kappa shape index (κ1) is 13.3. The Morgan fingerprint density at radius 1 is 1.10 bits per heavy atom. The van der Waals surface area contributed by atoms with Gasteiger partial charge in [0.05, 0.1) is 6.54 Å². The number of thioether (sulfide) groups is 1. The smallest absolute Gasteiger partial charge is 0.161 e. The van der Waals surface area contributed by atoms with Gasteiger partial charge in [0.25, 0.3) is 0 Å². The molecule has 1 heterocycles. The normalized spacial score (nSPS) is 17.9. The predicted molar refractivity (Wildman–Crippen MR) is 89.5 cm³/mol. The van der Waals surface area contributed by atoms with Crippen molar-refractivity contribution in [2.24, 2.45) is 4.99 Å². The van der Waals surface area contributed by atoms with Crippen LogP contribution in [0.15, 0.2) is 59.6 Å². The number of amidine groups is 1. The molecule has 0 radical (unpaired) electrons. The molecule has 0 aromatic heterocycles. The molecule has 1 N–H and O–H groups in total. The van der Waals surface area contributed by atoms with E-state index in [-0.39, 0.29) is 0 Å². The number of hydrogen-bond donors (Lipinski definition) is 1. The first-order valence-corrected chi connectivity index (χ1v) is 7.87. The van der Waals surface area contributed by atoms with E-state index in [9.17, 15) is 0 Å². The summed E-state index contributed by atoms with van der Waals surface area (Å²) in [6, 6.07) is 18.9. The molecule has 0 saturated carbocycles. The van der Waals surface area contributed by atoms with Gasteiger partial charge in [0, 0.05) is 16.5 Å². The van der Waals surface area contributed by atoms with Gasteiger partial charge in [0.1, 0.15) is 0 Å². The largest absolute Gasteiger partial charge is 0.334 e. The first-order valence-electron chi connectivity index (χ1n) is 6.99. The molecule has 102 valence electrons. The second-order valence-corrected chi connectivity index (χ2v) is 6.12. The second-order valence-electron chi connectivity index (χ2n) is 4.83. The number of nitrogens with one attached hydrogen (secondary N) is 1. The molecule has 0 saturated heterocycles. The molecule has 2 aromatic carbocycles. The number of nitrogens with zero attached hydrogens (tertiary/aromatic N) is 1. The van der Waals surface area contributed by atoms with Crippen LogP contribution in [0.25, 0.3) is 11.1 Å². The third kappa shape index (κ3) is 2.88. The van der Waals surface area contributed by atoms with Crippen LogP contribution >= 0.6 is 11.8 Å². The van der Waals surface area contributed by atoms with Gasteiger partial charge in [-0.05, 0) is 18.1 Å². The van der Waals surface area contributed by atoms with Gasteiger partial charge >= 0.3 is 0 Å². The molecule has 20 heavy (non-hydrogen) atoms. The molecule has 3 rings (SSSR count). The SMILES string of the molecule is CCC1CN=C(Nc2ccccc2-c2ccccc2)S1. The van der Waals surface area contributed by atoms with Crippen LogP contribution in [0.2, 0.25) is 0 Å². The van der Waals surface area contributed by atoms with E-state index in [4.69, 9.17) is 0 Å². The molecule has 0 aliphatic carbocycles. The minimum absolute atomic E-state index is 0.626. The number of aliphatic imine (C=N–C) groups is 1. The molecule has 0 amide bonds. The van der Waals surface area contributed by atoms with E-state index in [1.807, 2.05) is 17.8 Å². The Hall–Kier alpha value is -1.74. The summed E-state index contributed by atoms with van der Waals surface area (Å²) >= 11 is 1.85. The van der Waals surface area contributed by atoms with Crippen molar-refractivity contribution in [2.75, 3.05) is 11.9 Å². The van der Waals surface area contributed by atoms with Crippen molar-refractivity contribution in [3.63, 3.8) is 0 Å². The van der Waals surface area contributed by atoms with Crippen molar-refractivity contribution < 1.29 is 0 Å². The third-order valence-electron chi connectivity index (χ3n) is 3.43. The Balaban J connectivity index is 1.84. The summed E-state index contributed by atoms with van der Waals surface area (Å²) in [5.41, 5.74) is 3.57. The number of rotatable bonds is 3. The molecule has 1 atom stereocenters. The summed E-state index contributed by atoms with van der Waals surface area (Å²) in [6.45, 7) is 3.14. The maximum atomic E-state index is 4.59. The maximum Gasteiger partial charge on any atom is 0.161 e. The summed E-state index contributed by atoms with van der Waals surface area (Å²) in [4.78, 5) is 4.59. The Bertz CT molecular complexity index is 607.